The van der Waals surface area contributed by atoms with Crippen molar-refractivity contribution in [3.8, 4) is 5.69 Å². The highest BCUT2D eigenvalue weighted by molar-refractivity contribution is 5.79. The van der Waals surface area contributed by atoms with Crippen LogP contribution in [0.1, 0.15) is 22.8 Å². The van der Waals surface area contributed by atoms with Crippen LogP contribution >= 0.6 is 0 Å². The lowest BCUT2D eigenvalue weighted by Gasteiger charge is -2.46. The highest BCUT2D eigenvalue weighted by Crippen LogP contribution is 2.34. The number of fused-ring (bicyclic) bond motifs is 1. The number of carbonyl (C=O) groups is 1. The molecule has 1 amide bonds. The van der Waals surface area contributed by atoms with Gasteiger partial charge >= 0.3 is 0 Å². The summed E-state index contributed by atoms with van der Waals surface area (Å²) in [5, 5.41) is 11.1. The molecule has 10 nitrogen and oxygen atoms in total. The van der Waals surface area contributed by atoms with Gasteiger partial charge in [-0.05, 0) is 46.2 Å². The molecule has 34 heavy (non-hydrogen) atoms. The number of ether oxygens (including phenoxy) is 1. The molecule has 0 saturated carbocycles. The first-order chi connectivity index (χ1) is 16.5. The van der Waals surface area contributed by atoms with E-state index in [4.69, 9.17) is 11.3 Å². The van der Waals surface area contributed by atoms with Gasteiger partial charge in [0.2, 0.25) is 11.6 Å². The predicted molar refractivity (Wildman–Crippen MR) is 119 cm³/mol. The summed E-state index contributed by atoms with van der Waals surface area (Å²) in [6.45, 7) is 12.1. The smallest absolute Gasteiger partial charge is 0.227 e. The topological polar surface area (TPSA) is 93.6 Å². The zero-order valence-electron chi connectivity index (χ0n) is 18.6. The quantitative estimate of drug-likeness (QED) is 0.547. The van der Waals surface area contributed by atoms with Crippen LogP contribution in [0.3, 0.4) is 0 Å². The van der Waals surface area contributed by atoms with Crippen molar-refractivity contribution in [1.82, 2.24) is 35.0 Å². The fourth-order valence-electron chi connectivity index (χ4n) is 4.63. The highest BCUT2D eigenvalue weighted by Gasteiger charge is 2.36. The number of nitrogens with zero attached hydrogens (tertiary/aromatic N) is 8. The molecule has 2 fully saturated rings. The lowest BCUT2D eigenvalue weighted by atomic mass is 9.98. The molecule has 0 unspecified atom stereocenters. The third-order valence-corrected chi connectivity index (χ3v) is 6.48. The number of pyridine rings is 1. The number of morpholine rings is 1. The molecule has 11 heteroatoms. The van der Waals surface area contributed by atoms with Crippen molar-refractivity contribution < 1.29 is 13.9 Å². The van der Waals surface area contributed by atoms with Crippen LogP contribution in [0.15, 0.2) is 36.9 Å². The predicted octanol–water partition coefficient (Wildman–Crippen LogP) is 1.88. The standard InChI is InChI=1S/C23H23FN8O2/c1-15-19(3-4-20(24)23(15)25-2)21-12-30-5-6-31(11-18(30)13-34-21)22(33)8-16-7-17(10-26-9-16)32-14-27-28-29-32/h3-4,7,9-10,14,18,21H,5-6,8,11-13H2,1H3/t18-,21+/m0/s1. The second kappa shape index (κ2) is 9.24. The van der Waals surface area contributed by atoms with E-state index >= 15 is 0 Å². The highest BCUT2D eigenvalue weighted by atomic mass is 19.1. The van der Waals surface area contributed by atoms with Crippen molar-refractivity contribution in [3.63, 3.8) is 0 Å². The van der Waals surface area contributed by atoms with Crippen LogP contribution in [-0.4, -0.2) is 79.7 Å². The molecule has 0 radical (unpaired) electrons. The maximum atomic E-state index is 13.9. The van der Waals surface area contributed by atoms with Crippen molar-refractivity contribution in [2.24, 2.45) is 0 Å². The number of rotatable bonds is 4. The van der Waals surface area contributed by atoms with Gasteiger partial charge in [-0.15, -0.1) is 5.10 Å². The van der Waals surface area contributed by atoms with Crippen LogP contribution in [-0.2, 0) is 16.0 Å². The van der Waals surface area contributed by atoms with Gasteiger partial charge in [-0.25, -0.2) is 9.24 Å². The molecular weight excluding hydrogens is 439 g/mol. The van der Waals surface area contributed by atoms with Gasteiger partial charge in [0.05, 0.1) is 43.6 Å². The molecule has 0 bridgehead atoms. The van der Waals surface area contributed by atoms with Gasteiger partial charge in [-0.2, -0.15) is 4.68 Å². The van der Waals surface area contributed by atoms with Gasteiger partial charge in [0.1, 0.15) is 12.1 Å². The molecule has 2 aliphatic rings. The minimum atomic E-state index is -0.504. The fourth-order valence-corrected chi connectivity index (χ4v) is 4.63. The van der Waals surface area contributed by atoms with Crippen LogP contribution in [0, 0.1) is 19.3 Å². The summed E-state index contributed by atoms with van der Waals surface area (Å²) in [6.07, 6.45) is 4.82. The fraction of sp³-hybridized carbons (Fsp3) is 0.391. The summed E-state index contributed by atoms with van der Waals surface area (Å²) in [4.78, 5) is 24.7. The van der Waals surface area contributed by atoms with Gasteiger partial charge in [0, 0.05) is 32.4 Å². The lowest BCUT2D eigenvalue weighted by Crippen LogP contribution is -2.59. The van der Waals surface area contributed by atoms with E-state index in [0.29, 0.717) is 37.5 Å². The third-order valence-electron chi connectivity index (χ3n) is 6.48. The molecule has 5 rings (SSSR count). The number of amides is 1. The van der Waals surface area contributed by atoms with Crippen LogP contribution in [0.2, 0.25) is 0 Å². The minimum absolute atomic E-state index is 0.0357. The van der Waals surface area contributed by atoms with E-state index in [2.05, 4.69) is 30.3 Å². The molecule has 2 aliphatic heterocycles. The van der Waals surface area contributed by atoms with Crippen LogP contribution in [0.25, 0.3) is 10.5 Å². The minimum Gasteiger partial charge on any atom is -0.371 e. The molecule has 0 aliphatic carbocycles. The number of aromatic nitrogens is 5. The Morgan fingerprint density at radius 2 is 2.18 bits per heavy atom. The summed E-state index contributed by atoms with van der Waals surface area (Å²) in [7, 11) is 0. The summed E-state index contributed by atoms with van der Waals surface area (Å²) in [5.74, 6) is -0.468. The largest absolute Gasteiger partial charge is 0.371 e. The first-order valence-electron chi connectivity index (χ1n) is 11.0. The Balaban J connectivity index is 1.22. The Kier molecular flexibility index (Phi) is 6.00. The van der Waals surface area contributed by atoms with Gasteiger partial charge in [-0.1, -0.05) is 6.07 Å². The van der Waals surface area contributed by atoms with E-state index in [1.54, 1.807) is 25.4 Å². The zero-order valence-corrected chi connectivity index (χ0v) is 18.6. The van der Waals surface area contributed by atoms with Gasteiger partial charge in [0.15, 0.2) is 0 Å². The summed E-state index contributed by atoms with van der Waals surface area (Å²) in [5.41, 5.74) is 3.02. The number of halogens is 1. The molecule has 2 saturated heterocycles. The molecule has 0 spiro atoms. The molecular formula is C23H23FN8O2. The Hall–Kier alpha value is -3.75. The number of benzene rings is 1. The molecule has 2 aromatic heterocycles. The van der Waals surface area contributed by atoms with Gasteiger partial charge in [0.25, 0.3) is 0 Å². The van der Waals surface area contributed by atoms with E-state index in [1.807, 2.05) is 11.0 Å². The van der Waals surface area contributed by atoms with Crippen molar-refractivity contribution in [2.75, 3.05) is 32.8 Å². The first-order valence-corrected chi connectivity index (χ1v) is 11.0. The van der Waals surface area contributed by atoms with E-state index in [0.717, 1.165) is 17.7 Å². The molecule has 174 valence electrons. The van der Waals surface area contributed by atoms with Crippen molar-refractivity contribution in [1.29, 1.82) is 0 Å². The van der Waals surface area contributed by atoms with Crippen LogP contribution in [0.5, 0.6) is 0 Å². The van der Waals surface area contributed by atoms with Gasteiger partial charge < -0.3 is 9.64 Å². The Bertz CT molecular complexity index is 1240. The first kappa shape index (κ1) is 22.1. The van der Waals surface area contributed by atoms with E-state index in [1.165, 1.54) is 17.1 Å². The average Bonchev–Trinajstić information content (AvgIpc) is 3.39. The summed E-state index contributed by atoms with van der Waals surface area (Å²) >= 11 is 0. The van der Waals surface area contributed by atoms with Crippen molar-refractivity contribution in [2.45, 2.75) is 25.5 Å². The second-order valence-electron chi connectivity index (χ2n) is 8.52. The van der Waals surface area contributed by atoms with Crippen molar-refractivity contribution >= 4 is 11.6 Å². The number of carbonyl (C=O) groups excluding carboxylic acids is 1. The molecule has 4 heterocycles. The lowest BCUT2D eigenvalue weighted by molar-refractivity contribution is -0.139. The van der Waals surface area contributed by atoms with E-state index in [-0.39, 0.29) is 30.2 Å². The monoisotopic (exact) mass is 462 g/mol. The number of hydrogen-bond donors (Lipinski definition) is 0. The normalized spacial score (nSPS) is 20.6. The number of hydrogen-bond acceptors (Lipinski definition) is 7. The van der Waals surface area contributed by atoms with Crippen LogP contribution in [0.4, 0.5) is 10.1 Å². The summed E-state index contributed by atoms with van der Waals surface area (Å²) < 4.78 is 21.5. The zero-order chi connectivity index (χ0) is 23.7. The van der Waals surface area contributed by atoms with Crippen LogP contribution < -0.4 is 0 Å². The maximum absolute atomic E-state index is 13.9. The van der Waals surface area contributed by atoms with Crippen molar-refractivity contribution in [3.05, 3.63) is 70.8 Å². The Morgan fingerprint density at radius 3 is 2.97 bits per heavy atom. The maximum Gasteiger partial charge on any atom is 0.227 e. The average molecular weight is 462 g/mol. The summed E-state index contributed by atoms with van der Waals surface area (Å²) in [6, 6.07) is 5.00. The van der Waals surface area contributed by atoms with E-state index in [9.17, 15) is 9.18 Å². The van der Waals surface area contributed by atoms with Gasteiger partial charge in [-0.3, -0.25) is 14.7 Å². The number of tetrazole rings is 1. The second-order valence-corrected chi connectivity index (χ2v) is 8.52. The SMILES string of the molecule is [C-]#[N+]c1c(F)ccc([C@H]2CN3CCN(C(=O)Cc4cncc(-n5cnnn5)c4)C[C@H]3CO2)c1C. The Morgan fingerprint density at radius 1 is 1.29 bits per heavy atom. The van der Waals surface area contributed by atoms with E-state index < -0.39 is 5.82 Å². The number of piperazine rings is 1. The molecule has 3 aromatic rings. The Labute approximate surface area is 195 Å². The molecule has 2 atom stereocenters. The molecule has 0 N–H and O–H groups in total. The molecule has 1 aromatic carbocycles. The third kappa shape index (κ3) is 4.25.